The zero-order valence-corrected chi connectivity index (χ0v) is 19.7. The van der Waals surface area contributed by atoms with Crippen LogP contribution >= 0.6 is 0 Å². The number of nitrogens with one attached hydrogen (secondary N) is 1. The lowest BCUT2D eigenvalue weighted by Gasteiger charge is -2.30. The minimum absolute atomic E-state index is 0.116. The van der Waals surface area contributed by atoms with E-state index in [1.54, 1.807) is 18.7 Å². The van der Waals surface area contributed by atoms with Gasteiger partial charge in [0, 0.05) is 19.1 Å². The number of amides is 1. The predicted molar refractivity (Wildman–Crippen MR) is 123 cm³/mol. The molecule has 3 rings (SSSR count). The van der Waals surface area contributed by atoms with Gasteiger partial charge in [0.25, 0.3) is 5.91 Å². The zero-order valence-electron chi connectivity index (χ0n) is 18.9. The van der Waals surface area contributed by atoms with Gasteiger partial charge >= 0.3 is 5.97 Å². The molecule has 1 atom stereocenters. The number of benzene rings is 2. The highest BCUT2D eigenvalue weighted by atomic mass is 32.2. The Bertz CT molecular complexity index is 1030. The number of sulfonamides is 1. The van der Waals surface area contributed by atoms with Gasteiger partial charge < -0.3 is 14.4 Å². The number of piperidine rings is 1. The Morgan fingerprint density at radius 1 is 1.06 bits per heavy atom. The third kappa shape index (κ3) is 6.79. The van der Waals surface area contributed by atoms with Gasteiger partial charge in [0.2, 0.25) is 10.0 Å². The average Bonchev–Trinajstić information content (AvgIpc) is 2.83. The summed E-state index contributed by atoms with van der Waals surface area (Å²) >= 11 is 0. The lowest BCUT2D eigenvalue weighted by atomic mass is 9.97. The molecule has 0 unspecified atom stereocenters. The first-order valence-corrected chi connectivity index (χ1v) is 12.5. The van der Waals surface area contributed by atoms with Crippen molar-refractivity contribution in [1.82, 2.24) is 9.62 Å². The number of ether oxygens (including phenoxy) is 2. The van der Waals surface area contributed by atoms with Gasteiger partial charge in [-0.05, 0) is 56.5 Å². The molecule has 0 bridgehead atoms. The van der Waals surface area contributed by atoms with E-state index < -0.39 is 10.0 Å². The Morgan fingerprint density at radius 2 is 1.70 bits per heavy atom. The molecular weight excluding hydrogens is 444 g/mol. The summed E-state index contributed by atoms with van der Waals surface area (Å²) in [6.45, 7) is 4.72. The van der Waals surface area contributed by atoms with Crippen molar-refractivity contribution in [2.24, 2.45) is 5.92 Å². The number of nitrogens with zero attached hydrogens (tertiary/aromatic N) is 1. The van der Waals surface area contributed by atoms with Crippen LogP contribution in [0.4, 0.5) is 0 Å². The normalized spacial score (nSPS) is 15.6. The molecule has 33 heavy (non-hydrogen) atoms. The number of carbonyl (C=O) groups excluding carboxylic acids is 2. The quantitative estimate of drug-likeness (QED) is 0.561. The van der Waals surface area contributed by atoms with Gasteiger partial charge in [-0.1, -0.05) is 30.3 Å². The maximum Gasteiger partial charge on any atom is 0.309 e. The van der Waals surface area contributed by atoms with Crippen molar-refractivity contribution in [3.63, 3.8) is 0 Å². The summed E-state index contributed by atoms with van der Waals surface area (Å²) in [6.07, 6.45) is 1.15. The Morgan fingerprint density at radius 3 is 2.30 bits per heavy atom. The summed E-state index contributed by atoms with van der Waals surface area (Å²) < 4.78 is 38.6. The molecule has 0 aliphatic carbocycles. The smallest absolute Gasteiger partial charge is 0.309 e. The first-order chi connectivity index (χ1) is 15.8. The van der Waals surface area contributed by atoms with Crippen LogP contribution in [0, 0.1) is 5.92 Å². The molecule has 1 aliphatic heterocycles. The summed E-state index contributed by atoms with van der Waals surface area (Å²) in [6, 6.07) is 14.9. The summed E-state index contributed by atoms with van der Waals surface area (Å²) in [5, 5.41) is 0. The first-order valence-electron chi connectivity index (χ1n) is 11.0. The summed E-state index contributed by atoms with van der Waals surface area (Å²) in [5.41, 5.74) is 0.867. The molecular formula is C24H30N2O6S. The monoisotopic (exact) mass is 474 g/mol. The largest absolute Gasteiger partial charge is 0.484 e. The van der Waals surface area contributed by atoms with Gasteiger partial charge in [0.1, 0.15) is 5.75 Å². The molecule has 178 valence electrons. The highest BCUT2D eigenvalue weighted by molar-refractivity contribution is 7.89. The molecule has 2 aromatic rings. The number of likely N-dealkylation sites (tertiary alicyclic amines) is 1. The molecule has 2 aromatic carbocycles. The van der Waals surface area contributed by atoms with E-state index in [4.69, 9.17) is 9.47 Å². The number of rotatable bonds is 9. The third-order valence-electron chi connectivity index (χ3n) is 5.60. The van der Waals surface area contributed by atoms with Crippen molar-refractivity contribution in [1.29, 1.82) is 0 Å². The van der Waals surface area contributed by atoms with Crippen molar-refractivity contribution in [2.75, 3.05) is 26.3 Å². The standard InChI is InChI=1S/C24H30N2O6S/c1-3-31-24(28)20-13-15-26(16-14-20)23(27)17-32-21-9-11-22(12-10-21)33(29,30)25-18(2)19-7-5-4-6-8-19/h4-12,18,20,25H,3,13-17H2,1-2H3/t18-/m0/s1. The van der Waals surface area contributed by atoms with E-state index in [-0.39, 0.29) is 35.3 Å². The topological polar surface area (TPSA) is 102 Å². The van der Waals surface area contributed by atoms with E-state index in [2.05, 4.69) is 4.72 Å². The Labute approximate surface area is 194 Å². The maximum absolute atomic E-state index is 12.7. The molecule has 1 N–H and O–H groups in total. The van der Waals surface area contributed by atoms with Crippen molar-refractivity contribution in [3.05, 3.63) is 60.2 Å². The Kier molecular flexibility index (Phi) is 8.46. The fourth-order valence-electron chi connectivity index (χ4n) is 3.69. The molecule has 0 saturated carbocycles. The SMILES string of the molecule is CCOC(=O)C1CCN(C(=O)COc2ccc(S(=O)(=O)N[C@@H](C)c3ccccc3)cc2)CC1. The lowest BCUT2D eigenvalue weighted by molar-refractivity contribution is -0.151. The second-order valence-corrected chi connectivity index (χ2v) is 9.63. The van der Waals surface area contributed by atoms with Crippen LogP contribution in [0.2, 0.25) is 0 Å². The van der Waals surface area contributed by atoms with Crippen LogP contribution in [0.25, 0.3) is 0 Å². The van der Waals surface area contributed by atoms with Crippen LogP contribution in [0.1, 0.15) is 38.3 Å². The van der Waals surface area contributed by atoms with Crippen molar-refractivity contribution in [3.8, 4) is 5.75 Å². The minimum Gasteiger partial charge on any atom is -0.484 e. The zero-order chi connectivity index (χ0) is 23.8. The molecule has 1 aliphatic rings. The van der Waals surface area contributed by atoms with Crippen LogP contribution < -0.4 is 9.46 Å². The number of esters is 1. The maximum atomic E-state index is 12.7. The second-order valence-electron chi connectivity index (χ2n) is 7.92. The van der Waals surface area contributed by atoms with Crippen LogP contribution in [0.3, 0.4) is 0 Å². The molecule has 9 heteroatoms. The molecule has 0 radical (unpaired) electrons. The van der Waals surface area contributed by atoms with E-state index in [0.29, 0.717) is 38.3 Å². The van der Waals surface area contributed by atoms with Crippen molar-refractivity contribution >= 4 is 21.9 Å². The molecule has 0 aromatic heterocycles. The molecule has 0 spiro atoms. The summed E-state index contributed by atoms with van der Waals surface area (Å²) in [4.78, 5) is 26.0. The number of hydrogen-bond acceptors (Lipinski definition) is 6. The van der Waals surface area contributed by atoms with Gasteiger partial charge in [-0.15, -0.1) is 0 Å². The molecule has 1 saturated heterocycles. The molecule has 1 fully saturated rings. The van der Waals surface area contributed by atoms with Crippen molar-refractivity contribution < 1.29 is 27.5 Å². The van der Waals surface area contributed by atoms with Crippen LogP contribution in [-0.2, 0) is 24.3 Å². The predicted octanol–water partition coefficient (Wildman–Crippen LogP) is 2.91. The Hall–Kier alpha value is -2.91. The number of carbonyl (C=O) groups is 2. The van der Waals surface area contributed by atoms with Gasteiger partial charge in [-0.2, -0.15) is 0 Å². The first kappa shape index (κ1) is 24.7. The minimum atomic E-state index is -3.71. The van der Waals surface area contributed by atoms with Crippen molar-refractivity contribution in [2.45, 2.75) is 37.6 Å². The highest BCUT2D eigenvalue weighted by Crippen LogP contribution is 2.21. The molecule has 8 nitrogen and oxygen atoms in total. The van der Waals surface area contributed by atoms with Gasteiger partial charge in [-0.3, -0.25) is 9.59 Å². The van der Waals surface area contributed by atoms with Gasteiger partial charge in [0.15, 0.2) is 6.61 Å². The number of hydrogen-bond donors (Lipinski definition) is 1. The molecule has 1 amide bonds. The second kappa shape index (κ2) is 11.3. The fraction of sp³-hybridized carbons (Fsp3) is 0.417. The molecule has 1 heterocycles. The van der Waals surface area contributed by atoms with E-state index in [9.17, 15) is 18.0 Å². The van der Waals surface area contributed by atoms with E-state index in [0.717, 1.165) is 5.56 Å². The van der Waals surface area contributed by atoms with Gasteiger partial charge in [-0.25, -0.2) is 13.1 Å². The third-order valence-corrected chi connectivity index (χ3v) is 7.15. The summed E-state index contributed by atoms with van der Waals surface area (Å²) in [7, 11) is -3.71. The van der Waals surface area contributed by atoms with Crippen LogP contribution in [0.5, 0.6) is 5.75 Å². The van der Waals surface area contributed by atoms with Gasteiger partial charge in [0.05, 0.1) is 17.4 Å². The van der Waals surface area contributed by atoms with E-state index >= 15 is 0 Å². The Balaban J connectivity index is 1.49. The van der Waals surface area contributed by atoms with Crippen LogP contribution in [-0.4, -0.2) is 51.5 Å². The average molecular weight is 475 g/mol. The van der Waals surface area contributed by atoms with Crippen LogP contribution in [0.15, 0.2) is 59.5 Å². The fourth-order valence-corrected chi connectivity index (χ4v) is 4.92. The highest BCUT2D eigenvalue weighted by Gasteiger charge is 2.28. The van der Waals surface area contributed by atoms with E-state index in [1.807, 2.05) is 30.3 Å². The van der Waals surface area contributed by atoms with E-state index in [1.165, 1.54) is 24.3 Å². The summed E-state index contributed by atoms with van der Waals surface area (Å²) in [5.74, 6) is -0.140. The lowest BCUT2D eigenvalue weighted by Crippen LogP contribution is -2.42.